The van der Waals surface area contributed by atoms with Crippen molar-refractivity contribution in [2.45, 2.75) is 25.1 Å². The Bertz CT molecular complexity index is 538. The van der Waals surface area contributed by atoms with E-state index in [0.717, 1.165) is 31.6 Å². The van der Waals surface area contributed by atoms with Crippen molar-refractivity contribution in [3.63, 3.8) is 0 Å². The molecule has 2 fully saturated rings. The van der Waals surface area contributed by atoms with E-state index in [1.165, 1.54) is 6.07 Å². The van der Waals surface area contributed by atoms with Crippen LogP contribution >= 0.6 is 0 Å². The monoisotopic (exact) mass is 314 g/mol. The minimum Gasteiger partial charge on any atom is -0.356 e. The van der Waals surface area contributed by atoms with Gasteiger partial charge in [0.15, 0.2) is 0 Å². The first kappa shape index (κ1) is 14.9. The maximum absolute atomic E-state index is 12.5. The standard InChI is InChI=1S/C14H17F3N4O/c15-14(16,17)10-1-2-12(19-9-10)20-6-3-11(4-7-20)21-8-5-18-13(21)22/h1-2,9,11H,3-8H2,(H,18,22). The number of carbonyl (C=O) groups is 1. The lowest BCUT2D eigenvalue weighted by atomic mass is 10.0. The lowest BCUT2D eigenvalue weighted by molar-refractivity contribution is -0.137. The third-order valence-corrected chi connectivity index (χ3v) is 4.19. The van der Waals surface area contributed by atoms with Gasteiger partial charge in [0.25, 0.3) is 0 Å². The summed E-state index contributed by atoms with van der Waals surface area (Å²) in [6.45, 7) is 2.78. The van der Waals surface area contributed by atoms with Crippen molar-refractivity contribution in [3.8, 4) is 0 Å². The number of carbonyl (C=O) groups excluding carboxylic acids is 1. The third-order valence-electron chi connectivity index (χ3n) is 4.19. The van der Waals surface area contributed by atoms with Gasteiger partial charge in [0.1, 0.15) is 5.82 Å². The number of aromatic nitrogens is 1. The Labute approximate surface area is 126 Å². The fourth-order valence-corrected chi connectivity index (χ4v) is 2.98. The summed E-state index contributed by atoms with van der Waals surface area (Å²) in [5.74, 6) is 0.553. The number of nitrogens with one attached hydrogen (secondary N) is 1. The van der Waals surface area contributed by atoms with E-state index in [0.29, 0.717) is 25.5 Å². The van der Waals surface area contributed by atoms with E-state index in [1.54, 1.807) is 0 Å². The predicted molar refractivity (Wildman–Crippen MR) is 74.6 cm³/mol. The van der Waals surface area contributed by atoms with Gasteiger partial charge in [-0.1, -0.05) is 0 Å². The molecular formula is C14H17F3N4O. The van der Waals surface area contributed by atoms with Crippen molar-refractivity contribution < 1.29 is 18.0 Å². The van der Waals surface area contributed by atoms with Gasteiger partial charge in [-0.25, -0.2) is 9.78 Å². The summed E-state index contributed by atoms with van der Waals surface area (Å²) in [7, 11) is 0. The van der Waals surface area contributed by atoms with Crippen LogP contribution in [0.3, 0.4) is 0 Å². The quantitative estimate of drug-likeness (QED) is 0.909. The van der Waals surface area contributed by atoms with E-state index in [-0.39, 0.29) is 12.1 Å². The van der Waals surface area contributed by atoms with Gasteiger partial charge in [-0.3, -0.25) is 0 Å². The van der Waals surface area contributed by atoms with Crippen LogP contribution < -0.4 is 10.2 Å². The third kappa shape index (κ3) is 2.95. The van der Waals surface area contributed by atoms with Crippen LogP contribution in [0.15, 0.2) is 18.3 Å². The summed E-state index contributed by atoms with van der Waals surface area (Å²) in [5, 5.41) is 2.78. The van der Waals surface area contributed by atoms with Gasteiger partial charge in [0.05, 0.1) is 5.56 Å². The number of hydrogen-bond acceptors (Lipinski definition) is 3. The molecule has 5 nitrogen and oxygen atoms in total. The molecule has 22 heavy (non-hydrogen) atoms. The molecule has 0 atom stereocenters. The Hall–Kier alpha value is -1.99. The van der Waals surface area contributed by atoms with Gasteiger partial charge in [-0.2, -0.15) is 13.2 Å². The number of hydrogen-bond donors (Lipinski definition) is 1. The number of amides is 2. The van der Waals surface area contributed by atoms with Crippen LogP contribution in [0.1, 0.15) is 18.4 Å². The van der Waals surface area contributed by atoms with Crippen LogP contribution in [-0.2, 0) is 6.18 Å². The molecule has 120 valence electrons. The summed E-state index contributed by atoms with van der Waals surface area (Å²) in [4.78, 5) is 19.4. The number of halogens is 3. The van der Waals surface area contributed by atoms with Crippen LogP contribution in [0.25, 0.3) is 0 Å². The molecule has 0 unspecified atom stereocenters. The Morgan fingerprint density at radius 3 is 2.41 bits per heavy atom. The molecule has 0 saturated carbocycles. The first-order valence-corrected chi connectivity index (χ1v) is 7.28. The number of pyridine rings is 1. The molecule has 1 aromatic heterocycles. The molecule has 0 aliphatic carbocycles. The van der Waals surface area contributed by atoms with Gasteiger partial charge in [-0.05, 0) is 25.0 Å². The van der Waals surface area contributed by atoms with Gasteiger partial charge in [0.2, 0.25) is 0 Å². The lowest BCUT2D eigenvalue weighted by Gasteiger charge is -2.36. The molecule has 2 amide bonds. The fourth-order valence-electron chi connectivity index (χ4n) is 2.98. The Morgan fingerprint density at radius 1 is 1.18 bits per heavy atom. The molecule has 0 aromatic carbocycles. The molecule has 2 aliphatic rings. The van der Waals surface area contributed by atoms with Gasteiger partial charge >= 0.3 is 12.2 Å². The zero-order valence-electron chi connectivity index (χ0n) is 11.9. The Kier molecular flexibility index (Phi) is 3.84. The molecule has 0 radical (unpaired) electrons. The van der Waals surface area contributed by atoms with Crippen LogP contribution in [0.5, 0.6) is 0 Å². The summed E-state index contributed by atoms with van der Waals surface area (Å²) in [5.41, 5.74) is -0.736. The van der Waals surface area contributed by atoms with Gasteiger partial charge in [-0.15, -0.1) is 0 Å². The molecular weight excluding hydrogens is 297 g/mol. The van der Waals surface area contributed by atoms with Crippen molar-refractivity contribution in [1.29, 1.82) is 0 Å². The van der Waals surface area contributed by atoms with E-state index in [1.807, 2.05) is 9.80 Å². The fraction of sp³-hybridized carbons (Fsp3) is 0.571. The first-order valence-electron chi connectivity index (χ1n) is 7.28. The average molecular weight is 314 g/mol. The second kappa shape index (κ2) is 5.66. The topological polar surface area (TPSA) is 48.5 Å². The number of urea groups is 1. The van der Waals surface area contributed by atoms with Crippen LogP contribution in [0.4, 0.5) is 23.8 Å². The van der Waals surface area contributed by atoms with Crippen LogP contribution in [-0.4, -0.2) is 48.1 Å². The zero-order chi connectivity index (χ0) is 15.7. The molecule has 3 heterocycles. The highest BCUT2D eigenvalue weighted by Gasteiger charge is 2.32. The minimum absolute atomic E-state index is 0.0221. The smallest absolute Gasteiger partial charge is 0.356 e. The highest BCUT2D eigenvalue weighted by atomic mass is 19.4. The SMILES string of the molecule is O=C1NCCN1C1CCN(c2ccc(C(F)(F)F)cn2)CC1. The van der Waals surface area contributed by atoms with Crippen LogP contribution in [0, 0.1) is 0 Å². The van der Waals surface area contributed by atoms with E-state index >= 15 is 0 Å². The van der Waals surface area contributed by atoms with Crippen molar-refractivity contribution in [1.82, 2.24) is 15.2 Å². The number of alkyl halides is 3. The van der Waals surface area contributed by atoms with Crippen molar-refractivity contribution in [3.05, 3.63) is 23.9 Å². The van der Waals surface area contributed by atoms with E-state index < -0.39 is 11.7 Å². The largest absolute Gasteiger partial charge is 0.417 e. The van der Waals surface area contributed by atoms with E-state index in [9.17, 15) is 18.0 Å². The van der Waals surface area contributed by atoms with Crippen molar-refractivity contribution >= 4 is 11.8 Å². The summed E-state index contributed by atoms with van der Waals surface area (Å²) in [6.07, 6.45) is -1.89. The molecule has 0 bridgehead atoms. The van der Waals surface area contributed by atoms with Gasteiger partial charge < -0.3 is 15.1 Å². The van der Waals surface area contributed by atoms with Crippen molar-refractivity contribution in [2.24, 2.45) is 0 Å². The Balaban J connectivity index is 1.60. The average Bonchev–Trinajstić information content (AvgIpc) is 2.93. The first-order chi connectivity index (χ1) is 10.4. The zero-order valence-corrected chi connectivity index (χ0v) is 11.9. The second-order valence-corrected chi connectivity index (χ2v) is 5.55. The molecule has 2 saturated heterocycles. The van der Waals surface area contributed by atoms with Crippen molar-refractivity contribution in [2.75, 3.05) is 31.1 Å². The molecule has 0 spiro atoms. The number of piperidine rings is 1. The molecule has 2 aliphatic heterocycles. The summed E-state index contributed by atoms with van der Waals surface area (Å²) < 4.78 is 37.6. The maximum atomic E-state index is 12.5. The Morgan fingerprint density at radius 2 is 1.91 bits per heavy atom. The predicted octanol–water partition coefficient (Wildman–Crippen LogP) is 2.09. The highest BCUT2D eigenvalue weighted by molar-refractivity contribution is 5.76. The normalized spacial score (nSPS) is 20.4. The highest BCUT2D eigenvalue weighted by Crippen LogP contribution is 2.30. The summed E-state index contributed by atoms with van der Waals surface area (Å²) >= 11 is 0. The number of rotatable bonds is 2. The molecule has 1 aromatic rings. The van der Waals surface area contributed by atoms with E-state index in [4.69, 9.17) is 0 Å². The van der Waals surface area contributed by atoms with Gasteiger partial charge in [0, 0.05) is 38.4 Å². The molecule has 8 heteroatoms. The molecule has 1 N–H and O–H groups in total. The number of nitrogens with zero attached hydrogens (tertiary/aromatic N) is 3. The van der Waals surface area contributed by atoms with E-state index in [2.05, 4.69) is 10.3 Å². The minimum atomic E-state index is -4.36. The summed E-state index contributed by atoms with van der Waals surface area (Å²) in [6, 6.07) is 2.65. The molecule has 3 rings (SSSR count). The second-order valence-electron chi connectivity index (χ2n) is 5.55. The number of anilines is 1. The lowest BCUT2D eigenvalue weighted by Crippen LogP contribution is -2.46. The van der Waals surface area contributed by atoms with Crippen LogP contribution in [0.2, 0.25) is 0 Å². The maximum Gasteiger partial charge on any atom is 0.417 e.